The first-order valence-electron chi connectivity index (χ1n) is 6.05. The van der Waals surface area contributed by atoms with Gasteiger partial charge in [0.05, 0.1) is 11.9 Å². The van der Waals surface area contributed by atoms with E-state index in [0.717, 1.165) is 5.56 Å². The molecule has 0 saturated carbocycles. The first-order chi connectivity index (χ1) is 9.00. The molecule has 6 heteroatoms. The van der Waals surface area contributed by atoms with Gasteiger partial charge in [0.2, 0.25) is 10.0 Å². The lowest BCUT2D eigenvalue weighted by molar-refractivity contribution is 0.581. The maximum absolute atomic E-state index is 12.0. The van der Waals surface area contributed by atoms with Crippen molar-refractivity contribution in [3.8, 4) is 0 Å². The molecular weight excluding hydrogens is 262 g/mol. The average molecular weight is 279 g/mol. The van der Waals surface area contributed by atoms with Crippen LogP contribution in [0.15, 0.2) is 35.4 Å². The van der Waals surface area contributed by atoms with Crippen molar-refractivity contribution in [3.05, 3.63) is 47.3 Å². The quantitative estimate of drug-likeness (QED) is 0.872. The van der Waals surface area contributed by atoms with E-state index in [4.69, 9.17) is 0 Å². The lowest BCUT2D eigenvalue weighted by Crippen LogP contribution is -2.26. The Morgan fingerprint density at radius 1 is 1.26 bits per heavy atom. The Balaban J connectivity index is 2.00. The van der Waals surface area contributed by atoms with E-state index in [1.807, 2.05) is 31.2 Å². The van der Waals surface area contributed by atoms with Crippen LogP contribution >= 0.6 is 0 Å². The largest absolute Gasteiger partial charge is 0.281 e. The minimum atomic E-state index is -3.47. The predicted octanol–water partition coefficient (Wildman–Crippen LogP) is 1.55. The number of hydrogen-bond donors (Lipinski definition) is 2. The van der Waals surface area contributed by atoms with E-state index in [1.165, 1.54) is 11.8 Å². The van der Waals surface area contributed by atoms with Crippen molar-refractivity contribution < 1.29 is 8.42 Å². The van der Waals surface area contributed by atoms with Gasteiger partial charge in [0, 0.05) is 6.54 Å². The summed E-state index contributed by atoms with van der Waals surface area (Å²) in [5, 5.41) is 6.35. The molecule has 0 amide bonds. The molecule has 19 heavy (non-hydrogen) atoms. The molecule has 0 atom stereocenters. The van der Waals surface area contributed by atoms with Gasteiger partial charge < -0.3 is 0 Å². The number of hydrogen-bond acceptors (Lipinski definition) is 3. The van der Waals surface area contributed by atoms with Gasteiger partial charge in [0.15, 0.2) is 0 Å². The van der Waals surface area contributed by atoms with Crippen LogP contribution in [0.1, 0.15) is 16.8 Å². The number of aromatic nitrogens is 2. The molecule has 2 aromatic rings. The van der Waals surface area contributed by atoms with E-state index < -0.39 is 10.0 Å². The third-order valence-corrected chi connectivity index (χ3v) is 4.60. The highest BCUT2D eigenvalue weighted by molar-refractivity contribution is 7.89. The lowest BCUT2D eigenvalue weighted by atomic mass is 10.1. The SMILES string of the molecule is Cc1ccccc1CCNS(=O)(=O)c1cn[nH]c1C. The fourth-order valence-electron chi connectivity index (χ4n) is 1.90. The van der Waals surface area contributed by atoms with Crippen molar-refractivity contribution >= 4 is 10.0 Å². The first kappa shape index (κ1) is 13.8. The molecule has 0 spiro atoms. The van der Waals surface area contributed by atoms with Gasteiger partial charge in [-0.15, -0.1) is 0 Å². The molecule has 0 aliphatic heterocycles. The summed E-state index contributed by atoms with van der Waals surface area (Å²) in [5.41, 5.74) is 2.86. The van der Waals surface area contributed by atoms with E-state index in [9.17, 15) is 8.42 Å². The van der Waals surface area contributed by atoms with Crippen LogP contribution in [0.4, 0.5) is 0 Å². The third kappa shape index (κ3) is 3.21. The molecule has 0 radical (unpaired) electrons. The molecule has 0 unspecified atom stereocenters. The van der Waals surface area contributed by atoms with E-state index in [2.05, 4.69) is 14.9 Å². The molecule has 2 rings (SSSR count). The molecule has 2 N–H and O–H groups in total. The zero-order valence-corrected chi connectivity index (χ0v) is 11.8. The van der Waals surface area contributed by atoms with Crippen molar-refractivity contribution in [2.24, 2.45) is 0 Å². The first-order valence-corrected chi connectivity index (χ1v) is 7.53. The number of aryl methyl sites for hydroxylation is 2. The Hall–Kier alpha value is -1.66. The highest BCUT2D eigenvalue weighted by Gasteiger charge is 2.17. The molecule has 0 saturated heterocycles. The van der Waals surface area contributed by atoms with Gasteiger partial charge in [-0.05, 0) is 31.4 Å². The topological polar surface area (TPSA) is 74.8 Å². The highest BCUT2D eigenvalue weighted by Crippen LogP contribution is 2.11. The van der Waals surface area contributed by atoms with Crippen LogP contribution in [0.2, 0.25) is 0 Å². The third-order valence-electron chi connectivity index (χ3n) is 3.02. The summed E-state index contributed by atoms with van der Waals surface area (Å²) in [6.45, 7) is 4.07. The van der Waals surface area contributed by atoms with Gasteiger partial charge in [-0.3, -0.25) is 5.10 Å². The van der Waals surface area contributed by atoms with Gasteiger partial charge >= 0.3 is 0 Å². The van der Waals surface area contributed by atoms with Crippen LogP contribution < -0.4 is 4.72 Å². The van der Waals surface area contributed by atoms with Crippen LogP contribution in [-0.2, 0) is 16.4 Å². The van der Waals surface area contributed by atoms with Gasteiger partial charge in [-0.1, -0.05) is 24.3 Å². The monoisotopic (exact) mass is 279 g/mol. The standard InChI is InChI=1S/C13H17N3O2S/c1-10-5-3-4-6-12(10)7-8-15-19(17,18)13-9-14-16-11(13)2/h3-6,9,15H,7-8H2,1-2H3,(H,14,16). The van der Waals surface area contributed by atoms with Gasteiger partial charge in [-0.2, -0.15) is 5.10 Å². The predicted molar refractivity (Wildman–Crippen MR) is 73.4 cm³/mol. The second kappa shape index (κ2) is 5.54. The van der Waals surface area contributed by atoms with Crippen LogP contribution in [0.5, 0.6) is 0 Å². The van der Waals surface area contributed by atoms with E-state index in [-0.39, 0.29) is 4.90 Å². The second-order valence-corrected chi connectivity index (χ2v) is 6.17. The number of benzene rings is 1. The minimum absolute atomic E-state index is 0.206. The van der Waals surface area contributed by atoms with Crippen molar-refractivity contribution in [1.29, 1.82) is 0 Å². The summed E-state index contributed by atoms with van der Waals surface area (Å²) < 4.78 is 26.6. The Bertz CT molecular complexity index is 662. The second-order valence-electron chi connectivity index (χ2n) is 4.43. The number of nitrogens with zero attached hydrogens (tertiary/aromatic N) is 1. The van der Waals surface area contributed by atoms with E-state index >= 15 is 0 Å². The highest BCUT2D eigenvalue weighted by atomic mass is 32.2. The van der Waals surface area contributed by atoms with Gasteiger partial charge in [-0.25, -0.2) is 13.1 Å². The van der Waals surface area contributed by atoms with Crippen LogP contribution in [0.25, 0.3) is 0 Å². The van der Waals surface area contributed by atoms with Crippen molar-refractivity contribution in [2.45, 2.75) is 25.2 Å². The molecule has 0 aliphatic rings. The summed E-state index contributed by atoms with van der Waals surface area (Å²) >= 11 is 0. The molecule has 102 valence electrons. The summed E-state index contributed by atoms with van der Waals surface area (Å²) in [5.74, 6) is 0. The molecular formula is C13H17N3O2S. The normalized spacial score (nSPS) is 11.7. The Kier molecular flexibility index (Phi) is 4.01. The fraction of sp³-hybridized carbons (Fsp3) is 0.308. The van der Waals surface area contributed by atoms with Crippen molar-refractivity contribution in [3.63, 3.8) is 0 Å². The van der Waals surface area contributed by atoms with Gasteiger partial charge in [0.25, 0.3) is 0 Å². The zero-order chi connectivity index (χ0) is 13.9. The zero-order valence-electron chi connectivity index (χ0n) is 11.0. The maximum Gasteiger partial charge on any atom is 0.243 e. The number of nitrogens with one attached hydrogen (secondary N) is 2. The smallest absolute Gasteiger partial charge is 0.243 e. The fourth-order valence-corrected chi connectivity index (χ4v) is 3.07. The van der Waals surface area contributed by atoms with E-state index in [1.54, 1.807) is 6.92 Å². The lowest BCUT2D eigenvalue weighted by Gasteiger charge is -2.07. The average Bonchev–Trinajstić information content (AvgIpc) is 2.79. The summed E-state index contributed by atoms with van der Waals surface area (Å²) in [6.07, 6.45) is 1.99. The maximum atomic E-state index is 12.0. The molecule has 1 aromatic heterocycles. The number of rotatable bonds is 5. The van der Waals surface area contributed by atoms with Crippen molar-refractivity contribution in [1.82, 2.24) is 14.9 Å². The molecule has 5 nitrogen and oxygen atoms in total. The van der Waals surface area contributed by atoms with Crippen LogP contribution in [-0.4, -0.2) is 25.2 Å². The van der Waals surface area contributed by atoms with E-state index in [0.29, 0.717) is 18.7 Å². The summed E-state index contributed by atoms with van der Waals surface area (Å²) in [4.78, 5) is 0.206. The number of aromatic amines is 1. The molecule has 1 heterocycles. The molecule has 0 bridgehead atoms. The Labute approximate surface area is 113 Å². The number of sulfonamides is 1. The summed E-state index contributed by atoms with van der Waals surface area (Å²) in [6, 6.07) is 7.95. The molecule has 0 aliphatic carbocycles. The number of H-pyrrole nitrogens is 1. The van der Waals surface area contributed by atoms with Crippen LogP contribution in [0.3, 0.4) is 0 Å². The summed E-state index contributed by atoms with van der Waals surface area (Å²) in [7, 11) is -3.47. The molecule has 0 fully saturated rings. The van der Waals surface area contributed by atoms with Crippen molar-refractivity contribution in [2.75, 3.05) is 6.54 Å². The van der Waals surface area contributed by atoms with Gasteiger partial charge in [0.1, 0.15) is 4.90 Å². The minimum Gasteiger partial charge on any atom is -0.281 e. The Morgan fingerprint density at radius 3 is 2.63 bits per heavy atom. The van der Waals surface area contributed by atoms with Crippen LogP contribution in [0, 0.1) is 13.8 Å². The Morgan fingerprint density at radius 2 is 2.00 bits per heavy atom. The molecule has 1 aromatic carbocycles.